The van der Waals surface area contributed by atoms with E-state index in [9.17, 15) is 9.59 Å². The van der Waals surface area contributed by atoms with E-state index in [4.69, 9.17) is 4.74 Å². The number of aryl methyl sites for hydroxylation is 1. The lowest BCUT2D eigenvalue weighted by molar-refractivity contribution is -0.143. The van der Waals surface area contributed by atoms with Gasteiger partial charge in [0.15, 0.2) is 0 Å². The van der Waals surface area contributed by atoms with Crippen molar-refractivity contribution in [2.75, 3.05) is 13.2 Å². The number of benzene rings is 1. The summed E-state index contributed by atoms with van der Waals surface area (Å²) in [5.41, 5.74) is 2.45. The largest absolute Gasteiger partial charge is 0.466 e. The van der Waals surface area contributed by atoms with Gasteiger partial charge in [-0.05, 0) is 54.6 Å². The average molecular weight is 439 g/mol. The molecule has 6 nitrogen and oxygen atoms in total. The Morgan fingerprint density at radius 3 is 2.96 bits per heavy atom. The lowest BCUT2D eigenvalue weighted by Gasteiger charge is -2.19. The monoisotopic (exact) mass is 439 g/mol. The fourth-order valence-corrected chi connectivity index (χ4v) is 3.33. The topological polar surface area (TPSA) is 64.4 Å². The molecule has 0 aliphatic carbocycles. The van der Waals surface area contributed by atoms with Crippen molar-refractivity contribution in [3.05, 3.63) is 45.0 Å². The van der Waals surface area contributed by atoms with Crippen LogP contribution in [0.25, 0.3) is 5.69 Å². The molecule has 3 rings (SSSR count). The highest BCUT2D eigenvalue weighted by molar-refractivity contribution is 14.1. The fourth-order valence-electron chi connectivity index (χ4n) is 2.85. The molecule has 0 fully saturated rings. The number of carbonyl (C=O) groups excluding carboxylic acids is 2. The maximum absolute atomic E-state index is 12.9. The van der Waals surface area contributed by atoms with Crippen LogP contribution >= 0.6 is 22.6 Å². The zero-order chi connectivity index (χ0) is 17.3. The Kier molecular flexibility index (Phi) is 4.88. The molecular formula is C17H18IN3O3. The molecule has 1 aromatic carbocycles. The van der Waals surface area contributed by atoms with Gasteiger partial charge >= 0.3 is 5.97 Å². The summed E-state index contributed by atoms with van der Waals surface area (Å²) in [7, 11) is 0. The fraction of sp³-hybridized carbons (Fsp3) is 0.353. The molecule has 0 spiro atoms. The molecule has 0 radical (unpaired) electrons. The molecule has 0 saturated heterocycles. The van der Waals surface area contributed by atoms with Gasteiger partial charge in [0.2, 0.25) is 0 Å². The Hall–Kier alpha value is -1.90. The van der Waals surface area contributed by atoms with E-state index in [1.807, 2.05) is 29.7 Å². The highest BCUT2D eigenvalue weighted by Crippen LogP contribution is 2.27. The number of carbonyl (C=O) groups is 2. The first kappa shape index (κ1) is 16.9. The molecule has 1 amide bonds. The molecular weight excluding hydrogens is 421 g/mol. The summed E-state index contributed by atoms with van der Waals surface area (Å²) in [6, 6.07) is 5.74. The molecule has 7 heteroatoms. The van der Waals surface area contributed by atoms with Crippen LogP contribution in [-0.2, 0) is 16.1 Å². The van der Waals surface area contributed by atoms with Crippen LogP contribution in [0.5, 0.6) is 0 Å². The van der Waals surface area contributed by atoms with Crippen LogP contribution in [0.2, 0.25) is 0 Å². The second-order valence-corrected chi connectivity index (χ2v) is 6.84. The van der Waals surface area contributed by atoms with Crippen molar-refractivity contribution < 1.29 is 14.3 Å². The number of imidazole rings is 1. The van der Waals surface area contributed by atoms with Crippen LogP contribution in [-0.4, -0.2) is 39.5 Å². The first-order valence-corrected chi connectivity index (χ1v) is 8.87. The van der Waals surface area contributed by atoms with E-state index in [0.717, 1.165) is 20.8 Å². The number of ether oxygens (including phenoxy) is 1. The lowest BCUT2D eigenvalue weighted by atomic mass is 10.1. The zero-order valence-corrected chi connectivity index (χ0v) is 15.7. The smallest absolute Gasteiger partial charge is 0.307 e. The molecule has 0 atom stereocenters. The standard InChI is InChI=1S/C17H18IN3O3/c1-3-24-16(22)6-7-20-10-15-19-9-11(2)21(15)14-8-12(18)4-5-13(14)17(20)23/h4-5,8-9H,3,6-7,10H2,1-2H3. The van der Waals surface area contributed by atoms with Crippen molar-refractivity contribution in [3.8, 4) is 5.69 Å². The van der Waals surface area contributed by atoms with Crippen molar-refractivity contribution in [2.24, 2.45) is 0 Å². The van der Waals surface area contributed by atoms with Crippen molar-refractivity contribution >= 4 is 34.5 Å². The van der Waals surface area contributed by atoms with E-state index >= 15 is 0 Å². The van der Waals surface area contributed by atoms with E-state index in [1.165, 1.54) is 0 Å². The average Bonchev–Trinajstić information content (AvgIpc) is 2.85. The van der Waals surface area contributed by atoms with Gasteiger partial charge in [-0.1, -0.05) is 0 Å². The number of hydrogen-bond acceptors (Lipinski definition) is 4. The van der Waals surface area contributed by atoms with Crippen molar-refractivity contribution in [1.82, 2.24) is 14.5 Å². The van der Waals surface area contributed by atoms with Gasteiger partial charge in [0.05, 0.1) is 30.8 Å². The van der Waals surface area contributed by atoms with Crippen molar-refractivity contribution in [2.45, 2.75) is 26.8 Å². The molecule has 2 aromatic rings. The second kappa shape index (κ2) is 6.92. The highest BCUT2D eigenvalue weighted by atomic mass is 127. The van der Waals surface area contributed by atoms with Gasteiger partial charge in [-0.25, -0.2) is 4.98 Å². The van der Waals surface area contributed by atoms with Gasteiger partial charge in [0, 0.05) is 22.0 Å². The maximum Gasteiger partial charge on any atom is 0.307 e. The number of rotatable bonds is 4. The molecule has 1 aliphatic heterocycles. The number of fused-ring (bicyclic) bond motifs is 3. The number of esters is 1. The highest BCUT2D eigenvalue weighted by Gasteiger charge is 2.28. The summed E-state index contributed by atoms with van der Waals surface area (Å²) in [6.07, 6.45) is 1.98. The normalized spacial score (nSPS) is 13.3. The van der Waals surface area contributed by atoms with Crippen LogP contribution in [0.1, 0.15) is 35.2 Å². The van der Waals surface area contributed by atoms with Gasteiger partial charge in [-0.3, -0.25) is 14.2 Å². The van der Waals surface area contributed by atoms with Gasteiger partial charge in [-0.15, -0.1) is 0 Å². The molecule has 2 heterocycles. The Labute approximate surface area is 153 Å². The molecule has 0 N–H and O–H groups in total. The maximum atomic E-state index is 12.9. The van der Waals surface area contributed by atoms with Gasteiger partial charge in [-0.2, -0.15) is 0 Å². The van der Waals surface area contributed by atoms with E-state index in [2.05, 4.69) is 27.6 Å². The minimum absolute atomic E-state index is 0.0874. The molecule has 0 unspecified atom stereocenters. The van der Waals surface area contributed by atoms with Crippen molar-refractivity contribution in [1.29, 1.82) is 0 Å². The molecule has 24 heavy (non-hydrogen) atoms. The third-order valence-electron chi connectivity index (χ3n) is 3.95. The third kappa shape index (κ3) is 3.17. The summed E-state index contributed by atoms with van der Waals surface area (Å²) >= 11 is 2.23. The van der Waals surface area contributed by atoms with Gasteiger partial charge in [0.1, 0.15) is 5.82 Å². The summed E-state index contributed by atoms with van der Waals surface area (Å²) < 4.78 is 8.03. The third-order valence-corrected chi connectivity index (χ3v) is 4.62. The molecule has 126 valence electrons. The van der Waals surface area contributed by atoms with Crippen LogP contribution in [0, 0.1) is 10.5 Å². The Morgan fingerprint density at radius 1 is 1.42 bits per heavy atom. The van der Waals surface area contributed by atoms with E-state index in [-0.39, 0.29) is 18.3 Å². The molecule has 1 aliphatic rings. The van der Waals surface area contributed by atoms with Gasteiger partial charge in [0.25, 0.3) is 5.91 Å². The van der Waals surface area contributed by atoms with Crippen molar-refractivity contribution in [3.63, 3.8) is 0 Å². The summed E-state index contributed by atoms with van der Waals surface area (Å²) in [6.45, 7) is 4.77. The number of halogens is 1. The number of amides is 1. The summed E-state index contributed by atoms with van der Waals surface area (Å²) in [4.78, 5) is 30.7. The SMILES string of the molecule is CCOC(=O)CCN1Cc2ncc(C)n2-c2cc(I)ccc2C1=O. The van der Waals surface area contributed by atoms with Gasteiger partial charge < -0.3 is 9.64 Å². The first-order valence-electron chi connectivity index (χ1n) is 7.79. The van der Waals surface area contributed by atoms with Crippen LogP contribution in [0.3, 0.4) is 0 Å². The number of hydrogen-bond donors (Lipinski definition) is 0. The minimum atomic E-state index is -0.295. The lowest BCUT2D eigenvalue weighted by Crippen LogP contribution is -2.32. The predicted molar refractivity (Wildman–Crippen MR) is 97.0 cm³/mol. The van der Waals surface area contributed by atoms with E-state index < -0.39 is 0 Å². The zero-order valence-electron chi connectivity index (χ0n) is 13.6. The Morgan fingerprint density at radius 2 is 2.21 bits per heavy atom. The summed E-state index contributed by atoms with van der Waals surface area (Å²) in [5, 5.41) is 0. The van der Waals surface area contributed by atoms with Crippen LogP contribution in [0.15, 0.2) is 24.4 Å². The summed E-state index contributed by atoms with van der Waals surface area (Å²) in [5.74, 6) is 0.415. The molecule has 1 aromatic heterocycles. The van der Waals surface area contributed by atoms with Crippen LogP contribution < -0.4 is 0 Å². The van der Waals surface area contributed by atoms with E-state index in [1.54, 1.807) is 18.0 Å². The number of aromatic nitrogens is 2. The van der Waals surface area contributed by atoms with Crippen LogP contribution in [0.4, 0.5) is 0 Å². The molecule has 0 saturated carbocycles. The Bertz CT molecular complexity index is 800. The predicted octanol–water partition coefficient (Wildman–Crippen LogP) is 2.69. The quantitative estimate of drug-likeness (QED) is 0.543. The second-order valence-electron chi connectivity index (χ2n) is 5.59. The molecule has 0 bridgehead atoms. The Balaban J connectivity index is 1.98. The first-order chi connectivity index (χ1) is 11.5. The number of nitrogens with zero attached hydrogens (tertiary/aromatic N) is 3. The minimum Gasteiger partial charge on any atom is -0.466 e. The van der Waals surface area contributed by atoms with E-state index in [0.29, 0.717) is 25.3 Å².